The predicted molar refractivity (Wildman–Crippen MR) is 52.6 cm³/mol. The van der Waals surface area contributed by atoms with Crippen molar-refractivity contribution in [2.75, 3.05) is 0 Å². The van der Waals surface area contributed by atoms with Gasteiger partial charge in [0.25, 0.3) is 0 Å². The Kier molecular flexibility index (Phi) is 3.10. The maximum absolute atomic E-state index is 12.3. The summed E-state index contributed by atoms with van der Waals surface area (Å²) in [6.45, 7) is 0. The number of benzene rings is 1. The Balaban J connectivity index is 3.47. The van der Waals surface area contributed by atoms with E-state index in [2.05, 4.69) is 0 Å². The molecule has 14 heavy (non-hydrogen) atoms. The molecule has 0 aliphatic carbocycles. The fourth-order valence-corrected chi connectivity index (χ4v) is 2.75. The quantitative estimate of drug-likeness (QED) is 0.584. The maximum Gasteiger partial charge on any atom is 0.417 e. The second-order valence-corrected chi connectivity index (χ2v) is 7.23. The lowest BCUT2D eigenvalue weighted by atomic mass is 10.2. The summed E-state index contributed by atoms with van der Waals surface area (Å²) in [4.78, 5) is -0.701. The third-order valence-corrected chi connectivity index (χ3v) is 3.76. The topological polar surface area (TPSA) is 34.1 Å². The average Bonchev–Trinajstić information content (AvgIpc) is 2.01. The van der Waals surface area contributed by atoms with Gasteiger partial charge in [0, 0.05) is 0 Å². The number of hydrogen-bond donors (Lipinski definition) is 0. The standard InChI is InChI=1S/C7H4F3IO2S/c8-7(9,10)5-3-1-2-4-6(5)14(11,12)13/h1-4H. The van der Waals surface area contributed by atoms with Gasteiger partial charge in [-0.15, -0.1) is 0 Å². The molecule has 0 amide bonds. The molecular weight excluding hydrogens is 332 g/mol. The average molecular weight is 336 g/mol. The van der Waals surface area contributed by atoms with E-state index in [-0.39, 0.29) is 0 Å². The van der Waals surface area contributed by atoms with Crippen LogP contribution in [-0.4, -0.2) is 8.42 Å². The molecule has 0 bridgehead atoms. The van der Waals surface area contributed by atoms with Crippen LogP contribution in [0, 0.1) is 0 Å². The minimum absolute atomic E-state index is 0.701. The van der Waals surface area contributed by atoms with E-state index in [9.17, 15) is 21.6 Å². The predicted octanol–water partition coefficient (Wildman–Crippen LogP) is 2.83. The van der Waals surface area contributed by atoms with Gasteiger partial charge in [0.05, 0.1) is 31.7 Å². The van der Waals surface area contributed by atoms with Crippen LogP contribution in [0.25, 0.3) is 0 Å². The summed E-state index contributed by atoms with van der Waals surface area (Å²) < 4.78 is 58.9. The monoisotopic (exact) mass is 336 g/mol. The van der Waals surface area contributed by atoms with Crippen LogP contribution in [0.4, 0.5) is 13.2 Å². The molecule has 78 valence electrons. The summed E-state index contributed by atoms with van der Waals surface area (Å²) in [5.74, 6) is 0. The number of alkyl halides is 3. The third kappa shape index (κ3) is 2.59. The first-order valence-electron chi connectivity index (χ1n) is 3.34. The molecule has 2 nitrogen and oxygen atoms in total. The van der Waals surface area contributed by atoms with Gasteiger partial charge < -0.3 is 0 Å². The molecule has 0 N–H and O–H groups in total. The molecule has 1 aromatic rings. The van der Waals surface area contributed by atoms with Crippen molar-refractivity contribution in [1.82, 2.24) is 0 Å². The highest BCUT2D eigenvalue weighted by Gasteiger charge is 2.35. The molecule has 1 aromatic carbocycles. The SMILES string of the molecule is O=S(=O)(I)c1ccccc1C(F)(F)F. The summed E-state index contributed by atoms with van der Waals surface area (Å²) in [5, 5.41) is 0. The Morgan fingerprint density at radius 3 is 2.00 bits per heavy atom. The lowest BCUT2D eigenvalue weighted by molar-refractivity contribution is -0.139. The van der Waals surface area contributed by atoms with Crippen molar-refractivity contribution in [2.45, 2.75) is 11.1 Å². The summed E-state index contributed by atoms with van der Waals surface area (Å²) in [6, 6.07) is 4.07. The van der Waals surface area contributed by atoms with Crippen LogP contribution in [0.1, 0.15) is 5.56 Å². The minimum Gasteiger partial charge on any atom is -0.213 e. The minimum atomic E-state index is -4.64. The molecule has 0 aromatic heterocycles. The fourth-order valence-electron chi connectivity index (χ4n) is 0.913. The fraction of sp³-hybridized carbons (Fsp3) is 0.143. The zero-order chi connectivity index (χ0) is 11.0. The Bertz CT molecular complexity index is 438. The van der Waals surface area contributed by atoms with Crippen molar-refractivity contribution in [3.8, 4) is 0 Å². The van der Waals surface area contributed by atoms with Crippen molar-refractivity contribution < 1.29 is 21.6 Å². The molecule has 0 fully saturated rings. The van der Waals surface area contributed by atoms with E-state index in [0.29, 0.717) is 0 Å². The van der Waals surface area contributed by atoms with Crippen molar-refractivity contribution in [3.63, 3.8) is 0 Å². The molecule has 7 heteroatoms. The van der Waals surface area contributed by atoms with E-state index in [4.69, 9.17) is 0 Å². The normalized spacial score (nSPS) is 12.9. The van der Waals surface area contributed by atoms with Crippen LogP contribution in [-0.2, 0) is 13.2 Å². The number of halogens is 4. The van der Waals surface area contributed by atoms with Gasteiger partial charge in [0.2, 0.25) is 7.01 Å². The van der Waals surface area contributed by atoms with Gasteiger partial charge in [0.1, 0.15) is 0 Å². The Morgan fingerprint density at radius 1 is 1.14 bits per heavy atom. The Labute approximate surface area is 90.6 Å². The van der Waals surface area contributed by atoms with Crippen molar-refractivity contribution in [2.24, 2.45) is 0 Å². The van der Waals surface area contributed by atoms with E-state index in [1.807, 2.05) is 0 Å². The second kappa shape index (κ2) is 3.69. The largest absolute Gasteiger partial charge is 0.417 e. The lowest BCUT2D eigenvalue weighted by Crippen LogP contribution is -2.09. The van der Waals surface area contributed by atoms with Gasteiger partial charge in [-0.05, 0) is 12.1 Å². The van der Waals surface area contributed by atoms with E-state index < -0.39 is 23.6 Å². The molecular formula is C7H4F3IO2S. The van der Waals surface area contributed by atoms with Crippen molar-refractivity contribution >= 4 is 28.2 Å². The van der Waals surface area contributed by atoms with Gasteiger partial charge >= 0.3 is 6.18 Å². The van der Waals surface area contributed by atoms with Crippen LogP contribution >= 0.6 is 21.2 Å². The highest BCUT2D eigenvalue weighted by Crippen LogP contribution is 2.35. The molecule has 0 saturated carbocycles. The maximum atomic E-state index is 12.3. The molecule has 0 atom stereocenters. The first-order chi connectivity index (χ1) is 6.23. The number of hydrogen-bond acceptors (Lipinski definition) is 2. The Hall–Kier alpha value is -0.310. The summed E-state index contributed by atoms with van der Waals surface area (Å²) in [5.41, 5.74) is -1.13. The molecule has 1 rings (SSSR count). The van der Waals surface area contributed by atoms with Crippen LogP contribution < -0.4 is 0 Å². The van der Waals surface area contributed by atoms with Gasteiger partial charge in [-0.25, -0.2) is 8.42 Å². The van der Waals surface area contributed by atoms with E-state index >= 15 is 0 Å². The molecule has 0 saturated heterocycles. The van der Waals surface area contributed by atoms with Gasteiger partial charge in [-0.3, -0.25) is 0 Å². The van der Waals surface area contributed by atoms with Crippen LogP contribution in [0.15, 0.2) is 29.2 Å². The van der Waals surface area contributed by atoms with Crippen molar-refractivity contribution in [3.05, 3.63) is 29.8 Å². The molecule has 0 heterocycles. The molecule has 0 aliphatic heterocycles. The first-order valence-corrected chi connectivity index (χ1v) is 7.36. The summed E-state index contributed by atoms with van der Waals surface area (Å²) in [7, 11) is -3.87. The van der Waals surface area contributed by atoms with Crippen LogP contribution in [0.3, 0.4) is 0 Å². The zero-order valence-electron chi connectivity index (χ0n) is 6.55. The van der Waals surface area contributed by atoms with E-state index in [1.54, 1.807) is 0 Å². The smallest absolute Gasteiger partial charge is 0.213 e. The van der Waals surface area contributed by atoms with Crippen LogP contribution in [0.5, 0.6) is 0 Å². The first kappa shape index (κ1) is 11.8. The molecule has 0 aliphatic rings. The van der Waals surface area contributed by atoms with E-state index in [0.717, 1.165) is 39.4 Å². The van der Waals surface area contributed by atoms with Crippen LogP contribution in [0.2, 0.25) is 0 Å². The summed E-state index contributed by atoms with van der Waals surface area (Å²) >= 11 is 0.980. The van der Waals surface area contributed by atoms with Gasteiger partial charge in [-0.1, -0.05) is 12.1 Å². The highest BCUT2D eigenvalue weighted by atomic mass is 127. The number of rotatable bonds is 1. The summed E-state index contributed by atoms with van der Waals surface area (Å²) in [6.07, 6.45) is -4.64. The Morgan fingerprint density at radius 2 is 1.64 bits per heavy atom. The zero-order valence-corrected chi connectivity index (χ0v) is 9.52. The lowest BCUT2D eigenvalue weighted by Gasteiger charge is -2.09. The molecule has 0 spiro atoms. The van der Waals surface area contributed by atoms with E-state index in [1.165, 1.54) is 6.07 Å². The molecule has 0 radical (unpaired) electrons. The highest BCUT2D eigenvalue weighted by molar-refractivity contribution is 14.2. The van der Waals surface area contributed by atoms with Gasteiger partial charge in [0.15, 0.2) is 0 Å². The van der Waals surface area contributed by atoms with Crippen molar-refractivity contribution in [1.29, 1.82) is 0 Å². The second-order valence-electron chi connectivity index (χ2n) is 2.43. The van der Waals surface area contributed by atoms with Gasteiger partial charge in [-0.2, -0.15) is 13.2 Å². The molecule has 0 unspecified atom stereocenters. The third-order valence-electron chi connectivity index (χ3n) is 1.46.